The number of sulfonamides is 1. The molecule has 0 aliphatic heterocycles. The quantitative estimate of drug-likeness (QED) is 0.402. The van der Waals surface area contributed by atoms with Crippen molar-refractivity contribution < 1.29 is 17.9 Å². The van der Waals surface area contributed by atoms with Gasteiger partial charge in [-0.1, -0.05) is 30.3 Å². The standard InChI is InChI=1S/C25H23N3O5S/c1-3-28(19-9-5-4-6-10-19)34(31,32)20-15-13-18(14-16-20)25(30)33-17(2)23-26-22-12-8-7-11-21(22)24(29)27-23/h4-17H,3H2,1-2H3,(H,26,27,29)/t17-/m0/s1. The topological polar surface area (TPSA) is 109 Å². The fourth-order valence-corrected chi connectivity index (χ4v) is 5.03. The second-order valence-corrected chi connectivity index (χ2v) is 9.41. The first-order chi connectivity index (χ1) is 16.3. The van der Waals surface area contributed by atoms with Gasteiger partial charge in [-0.25, -0.2) is 18.2 Å². The number of H-pyrrole nitrogens is 1. The molecule has 1 aromatic heterocycles. The number of rotatable bonds is 7. The second kappa shape index (κ2) is 9.48. The molecule has 0 spiro atoms. The zero-order chi connectivity index (χ0) is 24.3. The number of esters is 1. The summed E-state index contributed by atoms with van der Waals surface area (Å²) in [5.74, 6) is -0.444. The molecule has 0 radical (unpaired) electrons. The minimum atomic E-state index is -3.81. The SMILES string of the molecule is CCN(c1ccccc1)S(=O)(=O)c1ccc(C(=O)O[C@@H](C)c2nc3ccccc3c(=O)[nH]2)cc1. The summed E-state index contributed by atoms with van der Waals surface area (Å²) in [5.41, 5.74) is 0.908. The Balaban J connectivity index is 1.53. The zero-order valence-electron chi connectivity index (χ0n) is 18.6. The third kappa shape index (κ3) is 4.55. The molecule has 0 bridgehead atoms. The van der Waals surface area contributed by atoms with Crippen molar-refractivity contribution in [1.29, 1.82) is 0 Å². The molecule has 0 amide bonds. The number of benzene rings is 3. The molecule has 0 fully saturated rings. The molecule has 1 atom stereocenters. The van der Waals surface area contributed by atoms with E-state index in [1.165, 1.54) is 28.6 Å². The summed E-state index contributed by atoms with van der Waals surface area (Å²) in [5, 5.41) is 0.443. The Labute approximate surface area is 196 Å². The Hall–Kier alpha value is -3.98. The number of fused-ring (bicyclic) bond motifs is 1. The lowest BCUT2D eigenvalue weighted by Crippen LogP contribution is -2.30. The summed E-state index contributed by atoms with van der Waals surface area (Å²) in [6, 6.07) is 21.2. The van der Waals surface area contributed by atoms with Gasteiger partial charge in [-0.3, -0.25) is 9.10 Å². The highest BCUT2D eigenvalue weighted by Gasteiger charge is 2.24. The van der Waals surface area contributed by atoms with Crippen LogP contribution in [0.15, 0.2) is 88.6 Å². The number of nitrogens with zero attached hydrogens (tertiary/aromatic N) is 2. The highest BCUT2D eigenvalue weighted by atomic mass is 32.2. The monoisotopic (exact) mass is 477 g/mol. The van der Waals surface area contributed by atoms with E-state index < -0.39 is 22.1 Å². The molecule has 1 heterocycles. The predicted molar refractivity (Wildman–Crippen MR) is 129 cm³/mol. The van der Waals surface area contributed by atoms with Gasteiger partial charge in [0.25, 0.3) is 15.6 Å². The Kier molecular flexibility index (Phi) is 6.47. The highest BCUT2D eigenvalue weighted by molar-refractivity contribution is 7.92. The first kappa shape index (κ1) is 23.2. The molecule has 3 aromatic carbocycles. The second-order valence-electron chi connectivity index (χ2n) is 7.55. The third-order valence-corrected chi connectivity index (χ3v) is 7.23. The molecule has 4 rings (SSSR count). The number of para-hydroxylation sites is 2. The lowest BCUT2D eigenvalue weighted by molar-refractivity contribution is 0.0320. The number of nitrogens with one attached hydrogen (secondary N) is 1. The zero-order valence-corrected chi connectivity index (χ0v) is 19.5. The van der Waals surface area contributed by atoms with Gasteiger partial charge in [0.1, 0.15) is 0 Å². The predicted octanol–water partition coefficient (Wildman–Crippen LogP) is 4.06. The maximum atomic E-state index is 13.1. The number of carbonyl (C=O) groups excluding carboxylic acids is 1. The number of hydrogen-bond acceptors (Lipinski definition) is 6. The number of aromatic amines is 1. The van der Waals surface area contributed by atoms with E-state index in [1.807, 2.05) is 6.07 Å². The van der Waals surface area contributed by atoms with Crippen LogP contribution in [0.5, 0.6) is 0 Å². The van der Waals surface area contributed by atoms with Crippen LogP contribution in [0.3, 0.4) is 0 Å². The maximum absolute atomic E-state index is 13.1. The van der Waals surface area contributed by atoms with E-state index >= 15 is 0 Å². The van der Waals surface area contributed by atoms with Gasteiger partial charge in [-0.15, -0.1) is 0 Å². The minimum absolute atomic E-state index is 0.0586. The number of anilines is 1. The van der Waals surface area contributed by atoms with Crippen LogP contribution in [0.4, 0.5) is 5.69 Å². The molecular weight excluding hydrogens is 454 g/mol. The number of carbonyl (C=O) groups is 1. The Bertz CT molecular complexity index is 1480. The molecule has 0 saturated carbocycles. The molecule has 174 valence electrons. The molecule has 0 saturated heterocycles. The van der Waals surface area contributed by atoms with E-state index in [0.29, 0.717) is 16.6 Å². The third-order valence-electron chi connectivity index (χ3n) is 5.31. The maximum Gasteiger partial charge on any atom is 0.338 e. The van der Waals surface area contributed by atoms with Crippen molar-refractivity contribution in [2.45, 2.75) is 24.8 Å². The number of ether oxygens (including phenoxy) is 1. The van der Waals surface area contributed by atoms with Crippen molar-refractivity contribution in [2.75, 3.05) is 10.8 Å². The van der Waals surface area contributed by atoms with Gasteiger partial charge in [0.05, 0.1) is 27.0 Å². The van der Waals surface area contributed by atoms with Gasteiger partial charge in [0.2, 0.25) is 0 Å². The Morgan fingerprint density at radius 2 is 1.65 bits per heavy atom. The van der Waals surface area contributed by atoms with E-state index in [1.54, 1.807) is 62.4 Å². The normalized spacial score (nSPS) is 12.3. The fraction of sp³-hybridized carbons (Fsp3) is 0.160. The van der Waals surface area contributed by atoms with Crippen LogP contribution in [0.1, 0.15) is 36.1 Å². The van der Waals surface area contributed by atoms with Crippen LogP contribution >= 0.6 is 0 Å². The van der Waals surface area contributed by atoms with E-state index in [4.69, 9.17) is 4.74 Å². The van der Waals surface area contributed by atoms with Crippen molar-refractivity contribution >= 4 is 32.6 Å². The lowest BCUT2D eigenvalue weighted by atomic mass is 10.2. The molecule has 34 heavy (non-hydrogen) atoms. The van der Waals surface area contributed by atoms with E-state index in [9.17, 15) is 18.0 Å². The van der Waals surface area contributed by atoms with Crippen LogP contribution in [0.25, 0.3) is 10.9 Å². The lowest BCUT2D eigenvalue weighted by Gasteiger charge is -2.23. The van der Waals surface area contributed by atoms with Crippen LogP contribution in [-0.4, -0.2) is 30.9 Å². The molecule has 8 nitrogen and oxygen atoms in total. The number of aromatic nitrogens is 2. The summed E-state index contributed by atoms with van der Waals surface area (Å²) in [4.78, 5) is 32.0. The van der Waals surface area contributed by atoms with Gasteiger partial charge < -0.3 is 9.72 Å². The molecule has 1 N–H and O–H groups in total. The Morgan fingerprint density at radius 3 is 2.32 bits per heavy atom. The van der Waals surface area contributed by atoms with Crippen molar-refractivity contribution in [2.24, 2.45) is 0 Å². The van der Waals surface area contributed by atoms with Crippen molar-refractivity contribution in [3.63, 3.8) is 0 Å². The molecular formula is C25H23N3O5S. The molecule has 4 aromatic rings. The van der Waals surface area contributed by atoms with Crippen LogP contribution in [0.2, 0.25) is 0 Å². The number of hydrogen-bond donors (Lipinski definition) is 1. The van der Waals surface area contributed by atoms with Crippen molar-refractivity contribution in [1.82, 2.24) is 9.97 Å². The molecule has 0 aliphatic carbocycles. The summed E-state index contributed by atoms with van der Waals surface area (Å²) >= 11 is 0. The minimum Gasteiger partial charge on any atom is -0.451 e. The van der Waals surface area contributed by atoms with Gasteiger partial charge in [-0.05, 0) is 62.4 Å². The van der Waals surface area contributed by atoms with Gasteiger partial charge in [0.15, 0.2) is 11.9 Å². The van der Waals surface area contributed by atoms with Gasteiger partial charge in [-0.2, -0.15) is 0 Å². The average Bonchev–Trinajstić information content (AvgIpc) is 2.85. The largest absolute Gasteiger partial charge is 0.451 e. The molecule has 9 heteroatoms. The highest BCUT2D eigenvalue weighted by Crippen LogP contribution is 2.24. The van der Waals surface area contributed by atoms with Crippen molar-refractivity contribution in [3.05, 3.63) is 101 Å². The molecule has 0 unspecified atom stereocenters. The van der Waals surface area contributed by atoms with Crippen LogP contribution < -0.4 is 9.86 Å². The summed E-state index contributed by atoms with van der Waals surface area (Å²) < 4.78 is 33.0. The van der Waals surface area contributed by atoms with E-state index in [-0.39, 0.29) is 28.4 Å². The molecule has 0 aliphatic rings. The van der Waals surface area contributed by atoms with E-state index in [0.717, 1.165) is 0 Å². The smallest absolute Gasteiger partial charge is 0.338 e. The first-order valence-corrected chi connectivity index (χ1v) is 12.1. The first-order valence-electron chi connectivity index (χ1n) is 10.7. The summed E-state index contributed by atoms with van der Waals surface area (Å²) in [7, 11) is -3.81. The van der Waals surface area contributed by atoms with Gasteiger partial charge >= 0.3 is 5.97 Å². The fourth-order valence-electron chi connectivity index (χ4n) is 3.56. The Morgan fingerprint density at radius 1 is 1.00 bits per heavy atom. The average molecular weight is 478 g/mol. The van der Waals surface area contributed by atoms with Crippen LogP contribution in [0, 0.1) is 0 Å². The van der Waals surface area contributed by atoms with Crippen molar-refractivity contribution in [3.8, 4) is 0 Å². The van der Waals surface area contributed by atoms with E-state index in [2.05, 4.69) is 9.97 Å². The van der Waals surface area contributed by atoms with Crippen LogP contribution in [-0.2, 0) is 14.8 Å². The summed E-state index contributed by atoms with van der Waals surface area (Å²) in [6.45, 7) is 3.61. The summed E-state index contributed by atoms with van der Waals surface area (Å²) in [6.07, 6.45) is -0.818. The van der Waals surface area contributed by atoms with Gasteiger partial charge in [0, 0.05) is 6.54 Å².